The predicted octanol–water partition coefficient (Wildman–Crippen LogP) is 6.48. The topological polar surface area (TPSA) is 82.8 Å². The van der Waals surface area contributed by atoms with E-state index < -0.39 is 24.4 Å². The van der Waals surface area contributed by atoms with E-state index in [0.717, 1.165) is 11.0 Å². The highest BCUT2D eigenvalue weighted by Crippen LogP contribution is 2.44. The highest BCUT2D eigenvalue weighted by molar-refractivity contribution is 6.56. The van der Waals surface area contributed by atoms with Crippen LogP contribution in [-0.4, -0.2) is 37.6 Å². The normalized spacial score (nSPS) is 17.7. The van der Waals surface area contributed by atoms with Crippen LogP contribution in [-0.2, 0) is 14.0 Å². The molecule has 1 heterocycles. The van der Waals surface area contributed by atoms with E-state index in [1.807, 2.05) is 64.1 Å². The number of nitrogen functional groups attached to an aromatic ring is 1. The van der Waals surface area contributed by atoms with Gasteiger partial charge in [-0.3, -0.25) is 0 Å². The fourth-order valence-corrected chi connectivity index (χ4v) is 5.00. The van der Waals surface area contributed by atoms with Crippen LogP contribution in [0.1, 0.15) is 50.3 Å². The third kappa shape index (κ3) is 5.06. The molecule has 38 heavy (non-hydrogen) atoms. The third-order valence-corrected chi connectivity index (χ3v) is 8.05. The van der Waals surface area contributed by atoms with Crippen molar-refractivity contribution in [2.45, 2.75) is 44.8 Å². The van der Waals surface area contributed by atoms with E-state index in [1.54, 1.807) is 12.1 Å². The van der Waals surface area contributed by atoms with Crippen LogP contribution in [0.4, 0.5) is 10.5 Å². The molecule has 0 saturated carbocycles. The van der Waals surface area contributed by atoms with Gasteiger partial charge in [0.25, 0.3) is 0 Å². The maximum atomic E-state index is 12.9. The molecular weight excluding hydrogens is 499 g/mol. The molecule has 3 aromatic rings. The van der Waals surface area contributed by atoms with Crippen LogP contribution in [0.5, 0.6) is 0 Å². The predicted molar refractivity (Wildman–Crippen MR) is 153 cm³/mol. The average Bonchev–Trinajstić information content (AvgIpc) is 3.31. The van der Waals surface area contributed by atoms with E-state index in [1.165, 1.54) is 22.3 Å². The number of hydrogen-bond donors (Lipinski definition) is 2. The third-order valence-electron chi connectivity index (χ3n) is 7.71. The van der Waals surface area contributed by atoms with Crippen LogP contribution < -0.4 is 11.1 Å². The lowest BCUT2D eigenvalue weighted by atomic mass is 9.77. The molecule has 1 amide bonds. The molecule has 1 aliphatic heterocycles. The zero-order chi connectivity index (χ0) is 27.1. The van der Waals surface area contributed by atoms with Crippen molar-refractivity contribution in [2.75, 3.05) is 18.9 Å². The Morgan fingerprint density at radius 1 is 1.00 bits per heavy atom. The Labute approximate surface area is 229 Å². The van der Waals surface area contributed by atoms with Gasteiger partial charge in [-0.1, -0.05) is 72.3 Å². The Bertz CT molecular complexity index is 1340. The first kappa shape index (κ1) is 26.4. The smallest absolute Gasteiger partial charge is 0.449 e. The maximum absolute atomic E-state index is 12.9. The van der Waals surface area contributed by atoms with Gasteiger partial charge in [-0.05, 0) is 73.1 Å². The van der Waals surface area contributed by atoms with Crippen molar-refractivity contribution in [2.24, 2.45) is 0 Å². The maximum Gasteiger partial charge on any atom is 0.492 e. The van der Waals surface area contributed by atoms with Crippen molar-refractivity contribution in [3.8, 4) is 11.1 Å². The molecule has 196 valence electrons. The molecule has 1 aliphatic carbocycles. The van der Waals surface area contributed by atoms with E-state index in [0.29, 0.717) is 10.7 Å². The van der Waals surface area contributed by atoms with Crippen LogP contribution in [0.3, 0.4) is 0 Å². The monoisotopic (exact) mass is 530 g/mol. The number of halogens is 1. The van der Waals surface area contributed by atoms with Crippen LogP contribution in [0, 0.1) is 0 Å². The van der Waals surface area contributed by atoms with Crippen molar-refractivity contribution in [1.82, 2.24) is 5.32 Å². The Morgan fingerprint density at radius 2 is 1.58 bits per heavy atom. The zero-order valence-corrected chi connectivity index (χ0v) is 22.8. The van der Waals surface area contributed by atoms with Crippen molar-refractivity contribution in [1.29, 1.82) is 0 Å². The van der Waals surface area contributed by atoms with Gasteiger partial charge in [-0.2, -0.15) is 0 Å². The summed E-state index contributed by atoms with van der Waals surface area (Å²) < 4.78 is 18.3. The number of benzene rings is 3. The van der Waals surface area contributed by atoms with E-state index in [9.17, 15) is 4.79 Å². The van der Waals surface area contributed by atoms with Crippen LogP contribution in [0.25, 0.3) is 17.2 Å². The molecule has 6 nitrogen and oxygen atoms in total. The molecule has 8 heteroatoms. The van der Waals surface area contributed by atoms with E-state index in [-0.39, 0.29) is 19.1 Å². The van der Waals surface area contributed by atoms with Gasteiger partial charge in [-0.25, -0.2) is 4.79 Å². The molecule has 3 N–H and O–H groups in total. The standard InChI is InChI=1S/C30H32BClN2O4/c1-29(2)30(3,4)38-31(37-29)20(15-19-13-14-26(32)27(33)16-19)17-34-28(35)36-18-25-23-11-7-5-9-21(23)22-10-6-8-12-24(22)25/h5-16,25H,17-18,33H2,1-4H3,(H,34,35). The Balaban J connectivity index is 1.30. The number of fused-ring (bicyclic) bond motifs is 3. The Morgan fingerprint density at radius 3 is 2.16 bits per heavy atom. The van der Waals surface area contributed by atoms with Crippen LogP contribution >= 0.6 is 11.6 Å². The molecule has 0 spiro atoms. The second-order valence-corrected chi connectivity index (χ2v) is 11.2. The number of hydrogen-bond acceptors (Lipinski definition) is 5. The average molecular weight is 531 g/mol. The minimum atomic E-state index is -0.647. The van der Waals surface area contributed by atoms with Gasteiger partial charge in [0, 0.05) is 12.5 Å². The molecular formula is C30H32BClN2O4. The molecule has 3 aromatic carbocycles. The molecule has 1 saturated heterocycles. The number of amides is 1. The van der Waals surface area contributed by atoms with Crippen molar-refractivity contribution >= 4 is 36.6 Å². The van der Waals surface area contributed by atoms with E-state index >= 15 is 0 Å². The van der Waals surface area contributed by atoms with Crippen LogP contribution in [0.15, 0.2) is 72.2 Å². The summed E-state index contributed by atoms with van der Waals surface area (Å²) in [6.07, 6.45) is 1.39. The summed E-state index contributed by atoms with van der Waals surface area (Å²) in [5, 5.41) is 3.37. The van der Waals surface area contributed by atoms with E-state index in [2.05, 4.69) is 29.6 Å². The lowest BCUT2D eigenvalue weighted by molar-refractivity contribution is 0.00578. The Kier molecular flexibility index (Phi) is 7.03. The first-order valence-corrected chi connectivity index (χ1v) is 13.1. The minimum Gasteiger partial charge on any atom is -0.449 e. The molecule has 0 unspecified atom stereocenters. The van der Waals surface area contributed by atoms with Gasteiger partial charge in [0.2, 0.25) is 0 Å². The highest BCUT2D eigenvalue weighted by atomic mass is 35.5. The number of rotatable bonds is 6. The van der Waals surface area contributed by atoms with Gasteiger partial charge < -0.3 is 25.1 Å². The van der Waals surface area contributed by atoms with Crippen molar-refractivity contribution < 1.29 is 18.8 Å². The lowest BCUT2D eigenvalue weighted by Gasteiger charge is -2.32. The second-order valence-electron chi connectivity index (χ2n) is 10.8. The number of nitrogens with two attached hydrogens (primary N) is 1. The van der Waals surface area contributed by atoms with Crippen LogP contribution in [0.2, 0.25) is 5.02 Å². The molecule has 2 aliphatic rings. The van der Waals surface area contributed by atoms with Crippen molar-refractivity contribution in [3.05, 3.63) is 93.9 Å². The highest BCUT2D eigenvalue weighted by Gasteiger charge is 2.52. The van der Waals surface area contributed by atoms with Gasteiger partial charge in [0.15, 0.2) is 0 Å². The SMILES string of the molecule is CC1(C)OB(C(=Cc2ccc(Cl)c(N)c2)CNC(=O)OCC2c3ccccc3-c3ccccc32)OC1(C)C. The van der Waals surface area contributed by atoms with Gasteiger partial charge in [0.05, 0.1) is 21.9 Å². The minimum absolute atomic E-state index is 0.0108. The molecule has 0 bridgehead atoms. The summed E-state index contributed by atoms with van der Waals surface area (Å²) in [6.45, 7) is 8.38. The summed E-state index contributed by atoms with van der Waals surface area (Å²) in [7, 11) is -0.647. The quantitative estimate of drug-likeness (QED) is 0.282. The first-order chi connectivity index (χ1) is 18.1. The van der Waals surface area contributed by atoms with Crippen molar-refractivity contribution in [3.63, 3.8) is 0 Å². The largest absolute Gasteiger partial charge is 0.492 e. The lowest BCUT2D eigenvalue weighted by Crippen LogP contribution is -2.41. The fraction of sp³-hybridized carbons (Fsp3) is 0.300. The molecule has 0 aromatic heterocycles. The molecule has 1 fully saturated rings. The second kappa shape index (κ2) is 10.1. The number of nitrogens with one attached hydrogen (secondary N) is 1. The van der Waals surface area contributed by atoms with E-state index in [4.69, 9.17) is 31.4 Å². The zero-order valence-electron chi connectivity index (χ0n) is 22.1. The summed E-state index contributed by atoms with van der Waals surface area (Å²) in [4.78, 5) is 12.9. The number of carbonyl (C=O) groups excluding carboxylic acids is 1. The number of anilines is 1. The first-order valence-electron chi connectivity index (χ1n) is 12.8. The number of alkyl carbamates (subject to hydrolysis) is 1. The summed E-state index contributed by atoms with van der Waals surface area (Å²) in [5.41, 5.74) is 11.7. The molecule has 5 rings (SSSR count). The molecule has 0 radical (unpaired) electrons. The fourth-order valence-electron chi connectivity index (χ4n) is 4.89. The van der Waals surface area contributed by atoms with Gasteiger partial charge >= 0.3 is 13.2 Å². The van der Waals surface area contributed by atoms with Gasteiger partial charge in [-0.15, -0.1) is 0 Å². The summed E-state index contributed by atoms with van der Waals surface area (Å²) in [5.74, 6) is -0.0108. The summed E-state index contributed by atoms with van der Waals surface area (Å²) >= 11 is 6.10. The molecule has 0 atom stereocenters. The summed E-state index contributed by atoms with van der Waals surface area (Å²) in [6, 6.07) is 21.9. The number of ether oxygens (including phenoxy) is 1. The van der Waals surface area contributed by atoms with Gasteiger partial charge in [0.1, 0.15) is 6.61 Å². The number of carbonyl (C=O) groups is 1. The Hall–Kier alpha value is -3.26.